The van der Waals surface area contributed by atoms with E-state index in [1.165, 1.54) is 11.0 Å². The van der Waals surface area contributed by atoms with Crippen molar-refractivity contribution >= 4 is 40.4 Å². The number of carbonyl (C=O) groups is 3. The zero-order valence-corrected chi connectivity index (χ0v) is 12.6. The van der Waals surface area contributed by atoms with Crippen LogP contribution in [0.15, 0.2) is 41.5 Å². The first-order chi connectivity index (χ1) is 10.6. The second-order valence-electron chi connectivity index (χ2n) is 5.34. The minimum absolute atomic E-state index is 0.214. The molecule has 0 aromatic heterocycles. The van der Waals surface area contributed by atoms with E-state index in [4.69, 9.17) is 11.6 Å². The van der Waals surface area contributed by atoms with Gasteiger partial charge in [0.05, 0.1) is 5.69 Å². The number of hydrogen-bond donors (Lipinski definition) is 0. The first kappa shape index (κ1) is 14.7. The molecule has 112 valence electrons. The highest BCUT2D eigenvalue weighted by Gasteiger charge is 2.39. The predicted octanol–water partition coefficient (Wildman–Crippen LogP) is 3.21. The van der Waals surface area contributed by atoms with Crippen molar-refractivity contribution in [2.75, 3.05) is 4.90 Å². The summed E-state index contributed by atoms with van der Waals surface area (Å²) < 4.78 is 0. The van der Waals surface area contributed by atoms with Gasteiger partial charge in [-0.25, -0.2) is 4.90 Å². The maximum Gasteiger partial charge on any atom is 0.261 e. The van der Waals surface area contributed by atoms with E-state index in [-0.39, 0.29) is 11.8 Å². The highest BCUT2D eigenvalue weighted by molar-refractivity contribution is 6.66. The molecule has 1 aliphatic heterocycles. The van der Waals surface area contributed by atoms with Crippen LogP contribution in [0.25, 0.3) is 6.08 Å². The lowest BCUT2D eigenvalue weighted by molar-refractivity contribution is -0.120. The molecule has 3 rings (SSSR count). The number of allylic oxidation sites excluding steroid dienone is 1. The van der Waals surface area contributed by atoms with Crippen LogP contribution in [-0.2, 0) is 14.4 Å². The second-order valence-corrected chi connectivity index (χ2v) is 5.71. The van der Waals surface area contributed by atoms with Gasteiger partial charge in [0.15, 0.2) is 0 Å². The lowest BCUT2D eigenvalue weighted by atomic mass is 9.93. The van der Waals surface area contributed by atoms with Crippen LogP contribution in [0, 0.1) is 0 Å². The van der Waals surface area contributed by atoms with Gasteiger partial charge >= 0.3 is 0 Å². The number of amides is 2. The zero-order valence-electron chi connectivity index (χ0n) is 11.8. The molecule has 1 aromatic carbocycles. The first-order valence-corrected chi connectivity index (χ1v) is 7.54. The first-order valence-electron chi connectivity index (χ1n) is 7.16. The van der Waals surface area contributed by atoms with E-state index in [1.807, 2.05) is 0 Å². The zero-order chi connectivity index (χ0) is 15.7. The van der Waals surface area contributed by atoms with Crippen LogP contribution in [-0.4, -0.2) is 17.1 Å². The van der Waals surface area contributed by atoms with Gasteiger partial charge in [-0.15, -0.1) is 0 Å². The average Bonchev–Trinajstić information content (AvgIpc) is 2.78. The molecule has 1 aliphatic carbocycles. The summed E-state index contributed by atoms with van der Waals surface area (Å²) in [6, 6.07) is 6.93. The fraction of sp³-hybridized carbons (Fsp3) is 0.235. The quantitative estimate of drug-likeness (QED) is 0.489. The Bertz CT molecular complexity index is 705. The molecule has 2 amide bonds. The number of halogens is 1. The van der Waals surface area contributed by atoms with Crippen molar-refractivity contribution < 1.29 is 14.4 Å². The SMILES string of the molecule is O=C(Cl)/C=C/c1cccc(N2C(=O)C3=C(CCCC3)C2=O)c1. The van der Waals surface area contributed by atoms with Crippen molar-refractivity contribution in [3.05, 3.63) is 47.1 Å². The summed E-state index contributed by atoms with van der Waals surface area (Å²) in [5.41, 5.74) is 2.55. The molecule has 0 radical (unpaired) electrons. The molecule has 0 saturated heterocycles. The van der Waals surface area contributed by atoms with E-state index in [0.717, 1.165) is 12.8 Å². The number of nitrogens with zero attached hydrogens (tertiary/aromatic N) is 1. The topological polar surface area (TPSA) is 54.5 Å². The monoisotopic (exact) mass is 315 g/mol. The summed E-state index contributed by atoms with van der Waals surface area (Å²) in [5.74, 6) is -0.427. The number of imide groups is 1. The van der Waals surface area contributed by atoms with Crippen LogP contribution in [0.4, 0.5) is 5.69 Å². The fourth-order valence-electron chi connectivity index (χ4n) is 2.90. The maximum absolute atomic E-state index is 12.5. The van der Waals surface area contributed by atoms with Crippen LogP contribution in [0.3, 0.4) is 0 Å². The molecular weight excluding hydrogens is 302 g/mol. The predicted molar refractivity (Wildman–Crippen MR) is 84.3 cm³/mol. The number of carbonyl (C=O) groups excluding carboxylic acids is 3. The van der Waals surface area contributed by atoms with E-state index < -0.39 is 5.24 Å². The van der Waals surface area contributed by atoms with Crippen LogP contribution in [0.5, 0.6) is 0 Å². The third-order valence-electron chi connectivity index (χ3n) is 3.93. The summed E-state index contributed by atoms with van der Waals surface area (Å²) in [6.07, 6.45) is 6.04. The Balaban J connectivity index is 1.92. The average molecular weight is 316 g/mol. The Morgan fingerprint density at radius 3 is 2.32 bits per heavy atom. The van der Waals surface area contributed by atoms with Gasteiger partial charge in [-0.3, -0.25) is 14.4 Å². The second kappa shape index (κ2) is 5.89. The summed E-state index contributed by atoms with van der Waals surface area (Å²) in [7, 11) is 0. The van der Waals surface area contributed by atoms with Crippen LogP contribution >= 0.6 is 11.6 Å². The molecule has 0 saturated carbocycles. The van der Waals surface area contributed by atoms with Gasteiger partial charge in [-0.05, 0) is 61.1 Å². The molecule has 0 spiro atoms. The van der Waals surface area contributed by atoms with E-state index in [9.17, 15) is 14.4 Å². The van der Waals surface area contributed by atoms with Gasteiger partial charge in [0.25, 0.3) is 11.8 Å². The van der Waals surface area contributed by atoms with E-state index in [0.29, 0.717) is 35.2 Å². The van der Waals surface area contributed by atoms with Crippen LogP contribution in [0.1, 0.15) is 31.2 Å². The minimum Gasteiger partial charge on any atom is -0.276 e. The highest BCUT2D eigenvalue weighted by atomic mass is 35.5. The third kappa shape index (κ3) is 2.62. The molecule has 2 aliphatic rings. The van der Waals surface area contributed by atoms with Crippen molar-refractivity contribution in [1.82, 2.24) is 0 Å². The highest BCUT2D eigenvalue weighted by Crippen LogP contribution is 2.35. The molecular formula is C17H14ClNO3. The Labute approximate surface area is 133 Å². The van der Waals surface area contributed by atoms with Gasteiger partial charge in [0.1, 0.15) is 0 Å². The van der Waals surface area contributed by atoms with Crippen molar-refractivity contribution in [2.45, 2.75) is 25.7 Å². The molecule has 0 fully saturated rings. The Kier molecular flexibility index (Phi) is 3.94. The van der Waals surface area contributed by atoms with E-state index in [1.54, 1.807) is 30.3 Å². The summed E-state index contributed by atoms with van der Waals surface area (Å²) >= 11 is 5.27. The van der Waals surface area contributed by atoms with Gasteiger partial charge in [0, 0.05) is 11.1 Å². The van der Waals surface area contributed by atoms with E-state index >= 15 is 0 Å². The number of anilines is 1. The maximum atomic E-state index is 12.5. The van der Waals surface area contributed by atoms with Crippen LogP contribution in [0.2, 0.25) is 0 Å². The van der Waals surface area contributed by atoms with Gasteiger partial charge < -0.3 is 0 Å². The largest absolute Gasteiger partial charge is 0.276 e. The van der Waals surface area contributed by atoms with Crippen molar-refractivity contribution in [3.63, 3.8) is 0 Å². The number of benzene rings is 1. The minimum atomic E-state index is -0.573. The fourth-order valence-corrected chi connectivity index (χ4v) is 2.97. The Hall–Kier alpha value is -2.20. The molecule has 1 aromatic rings. The molecule has 0 N–H and O–H groups in total. The standard InChI is InChI=1S/C17H14ClNO3/c18-15(20)9-8-11-4-3-5-12(10-11)19-16(21)13-6-1-2-7-14(13)17(19)22/h3-5,8-10H,1-2,6-7H2/b9-8+. The lowest BCUT2D eigenvalue weighted by Crippen LogP contribution is -2.31. The molecule has 4 nitrogen and oxygen atoms in total. The molecule has 22 heavy (non-hydrogen) atoms. The van der Waals surface area contributed by atoms with Crippen molar-refractivity contribution in [1.29, 1.82) is 0 Å². The summed E-state index contributed by atoms with van der Waals surface area (Å²) in [5, 5.41) is -0.573. The molecule has 5 heteroatoms. The molecule has 0 atom stereocenters. The van der Waals surface area contributed by atoms with Crippen molar-refractivity contribution in [2.24, 2.45) is 0 Å². The third-order valence-corrected chi connectivity index (χ3v) is 4.05. The Morgan fingerprint density at radius 2 is 1.73 bits per heavy atom. The number of rotatable bonds is 3. The normalized spacial score (nSPS) is 18.3. The summed E-state index contributed by atoms with van der Waals surface area (Å²) in [4.78, 5) is 37.0. The molecule has 0 unspecified atom stereocenters. The van der Waals surface area contributed by atoms with Crippen molar-refractivity contribution in [3.8, 4) is 0 Å². The Morgan fingerprint density at radius 1 is 1.09 bits per heavy atom. The smallest absolute Gasteiger partial charge is 0.261 e. The lowest BCUT2D eigenvalue weighted by Gasteiger charge is -2.15. The van der Waals surface area contributed by atoms with Gasteiger partial charge in [-0.2, -0.15) is 0 Å². The van der Waals surface area contributed by atoms with Crippen LogP contribution < -0.4 is 4.90 Å². The number of hydrogen-bond acceptors (Lipinski definition) is 3. The van der Waals surface area contributed by atoms with E-state index in [2.05, 4.69) is 0 Å². The molecule has 1 heterocycles. The van der Waals surface area contributed by atoms with Gasteiger partial charge in [0.2, 0.25) is 5.24 Å². The summed E-state index contributed by atoms with van der Waals surface area (Å²) in [6.45, 7) is 0. The molecule has 0 bridgehead atoms. The van der Waals surface area contributed by atoms with Gasteiger partial charge in [-0.1, -0.05) is 18.2 Å².